The Labute approximate surface area is 133 Å². The number of benzene rings is 1. The number of rotatable bonds is 4. The van der Waals surface area contributed by atoms with Gasteiger partial charge < -0.3 is 14.5 Å². The van der Waals surface area contributed by atoms with Gasteiger partial charge in [-0.15, -0.1) is 0 Å². The van der Waals surface area contributed by atoms with Crippen molar-refractivity contribution in [2.45, 2.75) is 27.7 Å². The van der Waals surface area contributed by atoms with Crippen LogP contribution < -0.4 is 5.32 Å². The summed E-state index contributed by atoms with van der Waals surface area (Å²) in [6.45, 7) is 6.43. The van der Waals surface area contributed by atoms with Crippen molar-refractivity contribution in [3.8, 4) is 0 Å². The minimum atomic E-state index is -0.622. The van der Waals surface area contributed by atoms with Crippen molar-refractivity contribution < 1.29 is 23.1 Å². The zero-order valence-corrected chi connectivity index (χ0v) is 13.5. The summed E-state index contributed by atoms with van der Waals surface area (Å²) in [4.78, 5) is 23.9. The van der Waals surface area contributed by atoms with Crippen molar-refractivity contribution in [3.05, 3.63) is 52.2 Å². The van der Waals surface area contributed by atoms with E-state index in [1.807, 2.05) is 0 Å². The molecule has 0 bridgehead atoms. The average Bonchev–Trinajstić information content (AvgIpc) is 2.73. The Bertz CT molecular complexity index is 764. The Hall–Kier alpha value is -2.63. The number of hydrogen-bond acceptors (Lipinski definition) is 4. The first-order valence-electron chi connectivity index (χ1n) is 7.09. The molecule has 0 spiro atoms. The second-order valence-corrected chi connectivity index (χ2v) is 5.30. The van der Waals surface area contributed by atoms with Crippen LogP contribution in [-0.2, 0) is 9.53 Å². The van der Waals surface area contributed by atoms with Crippen molar-refractivity contribution in [2.24, 2.45) is 0 Å². The molecule has 0 unspecified atom stereocenters. The lowest BCUT2D eigenvalue weighted by molar-refractivity contribution is -0.119. The second kappa shape index (κ2) is 6.64. The molecule has 1 N–H and O–H groups in total. The fraction of sp³-hybridized carbons (Fsp3) is 0.294. The molecule has 0 fully saturated rings. The number of anilines is 1. The van der Waals surface area contributed by atoms with Crippen LogP contribution in [0.2, 0.25) is 0 Å². The Morgan fingerprint density at radius 1 is 1.17 bits per heavy atom. The number of halogens is 1. The molecule has 0 saturated heterocycles. The number of nitrogens with one attached hydrogen (secondary N) is 1. The fourth-order valence-corrected chi connectivity index (χ4v) is 2.21. The molecule has 1 heterocycles. The van der Waals surface area contributed by atoms with Crippen LogP contribution in [0.1, 0.15) is 33.0 Å². The van der Waals surface area contributed by atoms with Gasteiger partial charge in [-0.3, -0.25) is 4.79 Å². The van der Waals surface area contributed by atoms with Gasteiger partial charge in [0.25, 0.3) is 5.91 Å². The van der Waals surface area contributed by atoms with Crippen molar-refractivity contribution >= 4 is 17.6 Å². The first-order valence-corrected chi connectivity index (χ1v) is 7.09. The maximum Gasteiger partial charge on any atom is 0.342 e. The number of aryl methyl sites for hydroxylation is 3. The third kappa shape index (κ3) is 3.77. The average molecular weight is 319 g/mol. The monoisotopic (exact) mass is 319 g/mol. The van der Waals surface area contributed by atoms with Crippen molar-refractivity contribution in [3.63, 3.8) is 0 Å². The topological polar surface area (TPSA) is 68.5 Å². The Balaban J connectivity index is 1.99. The second-order valence-electron chi connectivity index (χ2n) is 5.30. The molecular weight excluding hydrogens is 301 g/mol. The van der Waals surface area contributed by atoms with Gasteiger partial charge in [-0.05, 0) is 45.4 Å². The van der Waals surface area contributed by atoms with Gasteiger partial charge in [0.2, 0.25) is 0 Å². The standard InChI is InChI=1S/C17H18FNO4/c1-9-5-6-13(18)7-14(9)19-15(20)8-22-17(21)16-10(2)11(3)23-12(16)4/h5-7H,8H2,1-4H3,(H,19,20). The zero-order valence-electron chi connectivity index (χ0n) is 13.5. The van der Waals surface area contributed by atoms with Gasteiger partial charge in [-0.25, -0.2) is 9.18 Å². The molecule has 122 valence electrons. The lowest BCUT2D eigenvalue weighted by Crippen LogP contribution is -2.21. The van der Waals surface area contributed by atoms with Gasteiger partial charge in [0, 0.05) is 11.3 Å². The molecule has 0 radical (unpaired) electrons. The lowest BCUT2D eigenvalue weighted by atomic mass is 10.1. The number of ether oxygens (including phenoxy) is 1. The van der Waals surface area contributed by atoms with Crippen molar-refractivity contribution in [2.75, 3.05) is 11.9 Å². The molecule has 1 aromatic carbocycles. The van der Waals surface area contributed by atoms with Crippen LogP contribution in [0, 0.1) is 33.5 Å². The number of esters is 1. The summed E-state index contributed by atoms with van der Waals surface area (Å²) in [5.74, 6) is -0.533. The predicted molar refractivity (Wildman–Crippen MR) is 83.0 cm³/mol. The molecule has 0 aliphatic heterocycles. The maximum atomic E-state index is 13.2. The summed E-state index contributed by atoms with van der Waals surface area (Å²) < 4.78 is 23.5. The number of carbonyl (C=O) groups excluding carboxylic acids is 2. The van der Waals surface area contributed by atoms with Crippen molar-refractivity contribution in [1.29, 1.82) is 0 Å². The zero-order chi connectivity index (χ0) is 17.1. The van der Waals surface area contributed by atoms with E-state index in [4.69, 9.17) is 9.15 Å². The Morgan fingerprint density at radius 2 is 1.87 bits per heavy atom. The predicted octanol–water partition coefficient (Wildman–Crippen LogP) is 3.45. The summed E-state index contributed by atoms with van der Waals surface area (Å²) >= 11 is 0. The minimum Gasteiger partial charge on any atom is -0.465 e. The summed E-state index contributed by atoms with van der Waals surface area (Å²) in [7, 11) is 0. The highest BCUT2D eigenvalue weighted by Crippen LogP contribution is 2.21. The summed E-state index contributed by atoms with van der Waals surface area (Å²) in [6.07, 6.45) is 0. The van der Waals surface area contributed by atoms with Gasteiger partial charge in [0.05, 0.1) is 0 Å². The van der Waals surface area contributed by atoms with Gasteiger partial charge in [-0.1, -0.05) is 6.07 Å². The summed E-state index contributed by atoms with van der Waals surface area (Å²) in [5.41, 5.74) is 2.08. The number of carbonyl (C=O) groups is 2. The van der Waals surface area contributed by atoms with E-state index in [1.54, 1.807) is 33.8 Å². The van der Waals surface area contributed by atoms with Gasteiger partial charge in [0.1, 0.15) is 22.9 Å². The van der Waals surface area contributed by atoms with Crippen LogP contribution in [-0.4, -0.2) is 18.5 Å². The maximum absolute atomic E-state index is 13.2. The SMILES string of the molecule is Cc1ccc(F)cc1NC(=O)COC(=O)c1c(C)oc(C)c1C. The first kappa shape index (κ1) is 16.7. The van der Waals surface area contributed by atoms with Crippen LogP contribution in [0.25, 0.3) is 0 Å². The summed E-state index contributed by atoms with van der Waals surface area (Å²) in [5, 5.41) is 2.51. The molecule has 5 nitrogen and oxygen atoms in total. The van der Waals surface area contributed by atoms with E-state index in [0.717, 1.165) is 0 Å². The van der Waals surface area contributed by atoms with E-state index in [9.17, 15) is 14.0 Å². The Kier molecular flexibility index (Phi) is 4.83. The van der Waals surface area contributed by atoms with E-state index in [-0.39, 0.29) is 0 Å². The lowest BCUT2D eigenvalue weighted by Gasteiger charge is -2.09. The van der Waals surface area contributed by atoms with E-state index >= 15 is 0 Å². The molecule has 0 aliphatic carbocycles. The highest BCUT2D eigenvalue weighted by Gasteiger charge is 2.20. The quantitative estimate of drug-likeness (QED) is 0.876. The van der Waals surface area contributed by atoms with E-state index in [2.05, 4.69) is 5.32 Å². The van der Waals surface area contributed by atoms with Gasteiger partial charge in [0.15, 0.2) is 6.61 Å². The number of furan rings is 1. The molecule has 0 aliphatic rings. The largest absolute Gasteiger partial charge is 0.465 e. The highest BCUT2D eigenvalue weighted by molar-refractivity contribution is 5.97. The van der Waals surface area contributed by atoms with Crippen LogP contribution >= 0.6 is 0 Å². The summed E-state index contributed by atoms with van der Waals surface area (Å²) in [6, 6.07) is 4.07. The third-order valence-corrected chi connectivity index (χ3v) is 3.57. The van der Waals surface area contributed by atoms with Crippen LogP contribution in [0.4, 0.5) is 10.1 Å². The molecular formula is C17H18FNO4. The van der Waals surface area contributed by atoms with Gasteiger partial charge in [-0.2, -0.15) is 0 Å². The van der Waals surface area contributed by atoms with Crippen LogP contribution in [0.5, 0.6) is 0 Å². The van der Waals surface area contributed by atoms with E-state index in [0.29, 0.717) is 33.9 Å². The molecule has 6 heteroatoms. The molecule has 1 amide bonds. The first-order chi connectivity index (χ1) is 10.8. The van der Waals surface area contributed by atoms with E-state index < -0.39 is 24.3 Å². The highest BCUT2D eigenvalue weighted by atomic mass is 19.1. The van der Waals surface area contributed by atoms with E-state index in [1.165, 1.54) is 12.1 Å². The molecule has 2 aromatic rings. The van der Waals surface area contributed by atoms with Crippen LogP contribution in [0.3, 0.4) is 0 Å². The molecule has 0 saturated carbocycles. The normalized spacial score (nSPS) is 10.5. The fourth-order valence-electron chi connectivity index (χ4n) is 2.21. The molecule has 1 aromatic heterocycles. The smallest absolute Gasteiger partial charge is 0.342 e. The molecule has 0 atom stereocenters. The van der Waals surface area contributed by atoms with Gasteiger partial charge >= 0.3 is 5.97 Å². The number of hydrogen-bond donors (Lipinski definition) is 1. The van der Waals surface area contributed by atoms with Crippen molar-refractivity contribution in [1.82, 2.24) is 0 Å². The number of amides is 1. The molecule has 2 rings (SSSR count). The van der Waals surface area contributed by atoms with Crippen LogP contribution in [0.15, 0.2) is 22.6 Å². The Morgan fingerprint density at radius 3 is 2.48 bits per heavy atom. The molecule has 23 heavy (non-hydrogen) atoms. The third-order valence-electron chi connectivity index (χ3n) is 3.57. The minimum absolute atomic E-state index is 0.331.